The van der Waals surface area contributed by atoms with E-state index in [0.29, 0.717) is 0 Å². The average molecular weight is 276 g/mol. The number of thiazole rings is 1. The van der Waals surface area contributed by atoms with E-state index in [1.165, 1.54) is 41.8 Å². The van der Waals surface area contributed by atoms with Crippen molar-refractivity contribution in [3.05, 3.63) is 29.3 Å². The van der Waals surface area contributed by atoms with E-state index in [2.05, 4.69) is 41.5 Å². The quantitative estimate of drug-likeness (QED) is 0.687. The third-order valence-electron chi connectivity index (χ3n) is 3.31. The number of nitrogens with zero attached hydrogens (tertiary/aromatic N) is 1. The molecule has 104 valence electrons. The Hall–Kier alpha value is -0.930. The van der Waals surface area contributed by atoms with Gasteiger partial charge in [-0.15, -0.1) is 11.3 Å². The summed E-state index contributed by atoms with van der Waals surface area (Å²) in [7, 11) is 0. The zero-order valence-electron chi connectivity index (χ0n) is 11.8. The molecule has 0 radical (unpaired) electrons. The maximum Gasteiger partial charge on any atom is 0.0951 e. The molecule has 2 rings (SSSR count). The van der Waals surface area contributed by atoms with Gasteiger partial charge in [-0.05, 0) is 25.1 Å². The predicted octanol–water partition coefficient (Wildman–Crippen LogP) is 4.40. The van der Waals surface area contributed by atoms with E-state index in [1.807, 2.05) is 11.3 Å². The second-order valence-corrected chi connectivity index (χ2v) is 6.10. The first-order valence-electron chi connectivity index (χ1n) is 7.45. The van der Waals surface area contributed by atoms with Gasteiger partial charge in [-0.1, -0.05) is 44.7 Å². The summed E-state index contributed by atoms with van der Waals surface area (Å²) in [6, 6.07) is 8.38. The average Bonchev–Trinajstić information content (AvgIpc) is 2.84. The SMILES string of the molecule is CCCCCCCNCCc1nc2ccccc2s1. The molecule has 0 fully saturated rings. The van der Waals surface area contributed by atoms with Crippen LogP contribution in [-0.2, 0) is 6.42 Å². The summed E-state index contributed by atoms with van der Waals surface area (Å²) in [5, 5.41) is 4.77. The fourth-order valence-electron chi connectivity index (χ4n) is 2.20. The van der Waals surface area contributed by atoms with Crippen LogP contribution in [0.4, 0.5) is 0 Å². The van der Waals surface area contributed by atoms with Crippen LogP contribution in [0.25, 0.3) is 10.2 Å². The van der Waals surface area contributed by atoms with Gasteiger partial charge in [0.2, 0.25) is 0 Å². The van der Waals surface area contributed by atoms with E-state index < -0.39 is 0 Å². The Morgan fingerprint density at radius 1 is 1.05 bits per heavy atom. The van der Waals surface area contributed by atoms with Gasteiger partial charge < -0.3 is 5.32 Å². The summed E-state index contributed by atoms with van der Waals surface area (Å²) in [4.78, 5) is 4.65. The number of para-hydroxylation sites is 1. The van der Waals surface area contributed by atoms with Gasteiger partial charge in [-0.2, -0.15) is 0 Å². The van der Waals surface area contributed by atoms with E-state index in [9.17, 15) is 0 Å². The highest BCUT2D eigenvalue weighted by atomic mass is 32.1. The molecule has 0 aliphatic rings. The molecule has 0 unspecified atom stereocenters. The number of fused-ring (bicyclic) bond motifs is 1. The maximum atomic E-state index is 4.65. The molecule has 0 amide bonds. The summed E-state index contributed by atoms with van der Waals surface area (Å²) in [5.74, 6) is 0. The summed E-state index contributed by atoms with van der Waals surface area (Å²) >= 11 is 1.82. The van der Waals surface area contributed by atoms with Crippen molar-refractivity contribution in [3.8, 4) is 0 Å². The van der Waals surface area contributed by atoms with Crippen molar-refractivity contribution in [2.45, 2.75) is 45.4 Å². The molecule has 0 atom stereocenters. The fraction of sp³-hybridized carbons (Fsp3) is 0.562. The fourth-order valence-corrected chi connectivity index (χ4v) is 3.17. The highest BCUT2D eigenvalue weighted by Crippen LogP contribution is 2.21. The van der Waals surface area contributed by atoms with Crippen LogP contribution in [0.2, 0.25) is 0 Å². The minimum absolute atomic E-state index is 1.05. The monoisotopic (exact) mass is 276 g/mol. The zero-order chi connectivity index (χ0) is 13.3. The van der Waals surface area contributed by atoms with E-state index >= 15 is 0 Å². The van der Waals surface area contributed by atoms with Gasteiger partial charge >= 0.3 is 0 Å². The van der Waals surface area contributed by atoms with Crippen LogP contribution in [0, 0.1) is 0 Å². The molecule has 1 N–H and O–H groups in total. The van der Waals surface area contributed by atoms with Gasteiger partial charge in [0, 0.05) is 13.0 Å². The summed E-state index contributed by atoms with van der Waals surface area (Å²) in [5.41, 5.74) is 1.14. The lowest BCUT2D eigenvalue weighted by molar-refractivity contribution is 0.584. The maximum absolute atomic E-state index is 4.65. The molecule has 1 aromatic heterocycles. The van der Waals surface area contributed by atoms with Crippen molar-refractivity contribution in [3.63, 3.8) is 0 Å². The Kier molecular flexibility index (Phi) is 6.31. The van der Waals surface area contributed by atoms with Gasteiger partial charge in [0.15, 0.2) is 0 Å². The summed E-state index contributed by atoms with van der Waals surface area (Å²) in [6.07, 6.45) is 7.81. The van der Waals surface area contributed by atoms with Gasteiger partial charge in [-0.25, -0.2) is 4.98 Å². The molecular formula is C16H24N2S. The second kappa shape index (κ2) is 8.28. The lowest BCUT2D eigenvalue weighted by atomic mass is 10.1. The number of hydrogen-bond donors (Lipinski definition) is 1. The van der Waals surface area contributed by atoms with Crippen molar-refractivity contribution >= 4 is 21.6 Å². The standard InChI is InChI=1S/C16H24N2S/c1-2-3-4-5-8-12-17-13-11-16-18-14-9-6-7-10-15(14)19-16/h6-7,9-10,17H,2-5,8,11-13H2,1H3. The van der Waals surface area contributed by atoms with E-state index in [1.54, 1.807) is 0 Å². The van der Waals surface area contributed by atoms with Crippen LogP contribution < -0.4 is 5.32 Å². The van der Waals surface area contributed by atoms with Crippen LogP contribution in [0.15, 0.2) is 24.3 Å². The topological polar surface area (TPSA) is 24.9 Å². The first-order chi connectivity index (χ1) is 9.40. The van der Waals surface area contributed by atoms with E-state index in [0.717, 1.165) is 25.0 Å². The normalized spacial score (nSPS) is 11.2. The number of aromatic nitrogens is 1. The smallest absolute Gasteiger partial charge is 0.0951 e. The predicted molar refractivity (Wildman–Crippen MR) is 85.0 cm³/mol. The lowest BCUT2D eigenvalue weighted by Crippen LogP contribution is -2.18. The Morgan fingerprint density at radius 2 is 1.89 bits per heavy atom. The van der Waals surface area contributed by atoms with Crippen LogP contribution in [0.1, 0.15) is 44.0 Å². The molecule has 3 heteroatoms. The highest BCUT2D eigenvalue weighted by molar-refractivity contribution is 7.18. The molecule has 0 saturated carbocycles. The molecule has 0 aliphatic carbocycles. The third kappa shape index (κ3) is 4.92. The lowest BCUT2D eigenvalue weighted by Gasteiger charge is -2.02. The van der Waals surface area contributed by atoms with Gasteiger partial charge in [-0.3, -0.25) is 0 Å². The second-order valence-electron chi connectivity index (χ2n) is 4.99. The number of nitrogens with one attached hydrogen (secondary N) is 1. The van der Waals surface area contributed by atoms with Crippen molar-refractivity contribution in [2.75, 3.05) is 13.1 Å². The Bertz CT molecular complexity index is 445. The van der Waals surface area contributed by atoms with Gasteiger partial charge in [0.05, 0.1) is 15.2 Å². The van der Waals surface area contributed by atoms with Crippen molar-refractivity contribution in [2.24, 2.45) is 0 Å². The number of benzene rings is 1. The van der Waals surface area contributed by atoms with E-state index in [-0.39, 0.29) is 0 Å². The molecule has 0 spiro atoms. The highest BCUT2D eigenvalue weighted by Gasteiger charge is 2.02. The first-order valence-corrected chi connectivity index (χ1v) is 8.27. The molecule has 0 bridgehead atoms. The minimum atomic E-state index is 1.05. The Balaban J connectivity index is 1.60. The molecular weight excluding hydrogens is 252 g/mol. The van der Waals surface area contributed by atoms with E-state index in [4.69, 9.17) is 0 Å². The van der Waals surface area contributed by atoms with Crippen molar-refractivity contribution < 1.29 is 0 Å². The molecule has 2 nitrogen and oxygen atoms in total. The van der Waals surface area contributed by atoms with Crippen LogP contribution in [0.5, 0.6) is 0 Å². The largest absolute Gasteiger partial charge is 0.316 e. The van der Waals surface area contributed by atoms with Gasteiger partial charge in [0.1, 0.15) is 0 Å². The molecule has 0 aliphatic heterocycles. The summed E-state index contributed by atoms with van der Waals surface area (Å²) in [6.45, 7) is 4.46. The van der Waals surface area contributed by atoms with Crippen LogP contribution in [-0.4, -0.2) is 18.1 Å². The molecule has 1 heterocycles. The minimum Gasteiger partial charge on any atom is -0.316 e. The van der Waals surface area contributed by atoms with Crippen molar-refractivity contribution in [1.29, 1.82) is 0 Å². The molecule has 2 aromatic rings. The Morgan fingerprint density at radius 3 is 2.74 bits per heavy atom. The van der Waals surface area contributed by atoms with Gasteiger partial charge in [0.25, 0.3) is 0 Å². The number of hydrogen-bond acceptors (Lipinski definition) is 3. The van der Waals surface area contributed by atoms with Crippen LogP contribution >= 0.6 is 11.3 Å². The Labute approximate surface area is 120 Å². The molecule has 0 saturated heterocycles. The molecule has 19 heavy (non-hydrogen) atoms. The van der Waals surface area contributed by atoms with Crippen LogP contribution in [0.3, 0.4) is 0 Å². The third-order valence-corrected chi connectivity index (χ3v) is 4.41. The number of rotatable bonds is 9. The first kappa shape index (κ1) is 14.5. The number of unbranched alkanes of at least 4 members (excludes halogenated alkanes) is 4. The van der Waals surface area contributed by atoms with Crippen molar-refractivity contribution in [1.82, 2.24) is 10.3 Å². The zero-order valence-corrected chi connectivity index (χ0v) is 12.6. The summed E-state index contributed by atoms with van der Waals surface area (Å²) < 4.78 is 1.30. The molecule has 1 aromatic carbocycles.